The van der Waals surface area contributed by atoms with E-state index in [2.05, 4.69) is 29.8 Å². The Morgan fingerprint density at radius 1 is 1.18 bits per heavy atom. The molecule has 90 valence electrons. The molecule has 0 bridgehead atoms. The minimum absolute atomic E-state index is 0.754. The summed E-state index contributed by atoms with van der Waals surface area (Å²) < 4.78 is 2.10. The van der Waals surface area contributed by atoms with Crippen molar-refractivity contribution >= 4 is 22.5 Å². The fraction of sp³-hybridized carbons (Fsp3) is 0.467. The summed E-state index contributed by atoms with van der Waals surface area (Å²) in [5.74, 6) is 0.754. The van der Waals surface area contributed by atoms with E-state index in [0.717, 1.165) is 10.9 Å². The molecule has 1 fully saturated rings. The first-order chi connectivity index (χ1) is 8.25. The SMILES string of the molecule is Cn1cc(Cl)c2cc(C3CCCCC3)ccc21. The van der Waals surface area contributed by atoms with E-state index in [-0.39, 0.29) is 0 Å². The molecular formula is C15H18ClN. The van der Waals surface area contributed by atoms with Crippen molar-refractivity contribution in [3.8, 4) is 0 Å². The number of benzene rings is 1. The van der Waals surface area contributed by atoms with Crippen molar-refractivity contribution < 1.29 is 0 Å². The molecule has 2 heteroatoms. The van der Waals surface area contributed by atoms with Gasteiger partial charge in [-0.25, -0.2) is 0 Å². The lowest BCUT2D eigenvalue weighted by Crippen LogP contribution is -2.04. The molecule has 1 aromatic carbocycles. The van der Waals surface area contributed by atoms with Gasteiger partial charge >= 0.3 is 0 Å². The molecule has 0 radical (unpaired) electrons. The maximum Gasteiger partial charge on any atom is 0.0661 e. The summed E-state index contributed by atoms with van der Waals surface area (Å²) in [4.78, 5) is 0. The second-order valence-corrected chi connectivity index (χ2v) is 5.61. The number of nitrogens with zero attached hydrogens (tertiary/aromatic N) is 1. The minimum Gasteiger partial charge on any atom is -0.349 e. The fourth-order valence-electron chi connectivity index (χ4n) is 3.05. The third-order valence-electron chi connectivity index (χ3n) is 4.04. The Morgan fingerprint density at radius 3 is 2.71 bits per heavy atom. The van der Waals surface area contributed by atoms with E-state index in [9.17, 15) is 0 Å². The van der Waals surface area contributed by atoms with Crippen LogP contribution in [0.25, 0.3) is 10.9 Å². The van der Waals surface area contributed by atoms with Gasteiger partial charge in [-0.1, -0.05) is 36.9 Å². The van der Waals surface area contributed by atoms with Crippen LogP contribution in [0.1, 0.15) is 43.6 Å². The van der Waals surface area contributed by atoms with E-state index >= 15 is 0 Å². The van der Waals surface area contributed by atoms with Crippen LogP contribution in [0, 0.1) is 0 Å². The maximum absolute atomic E-state index is 6.27. The molecule has 0 saturated heterocycles. The van der Waals surface area contributed by atoms with Crippen LogP contribution in [0.15, 0.2) is 24.4 Å². The van der Waals surface area contributed by atoms with Crippen LogP contribution in [0.3, 0.4) is 0 Å². The predicted molar refractivity (Wildman–Crippen MR) is 73.8 cm³/mol. The Labute approximate surface area is 107 Å². The standard InChI is InChI=1S/C15H18ClN/c1-17-10-14(16)13-9-12(7-8-15(13)17)11-5-3-2-4-6-11/h7-11H,2-6H2,1H3. The average molecular weight is 248 g/mol. The van der Waals surface area contributed by atoms with Crippen molar-refractivity contribution in [3.63, 3.8) is 0 Å². The zero-order valence-electron chi connectivity index (χ0n) is 10.2. The molecular weight excluding hydrogens is 230 g/mol. The molecule has 1 aliphatic rings. The molecule has 1 aliphatic carbocycles. The van der Waals surface area contributed by atoms with Crippen LogP contribution >= 0.6 is 11.6 Å². The number of aryl methyl sites for hydroxylation is 1. The van der Waals surface area contributed by atoms with Crippen LogP contribution in [-0.4, -0.2) is 4.57 Å². The fourth-order valence-corrected chi connectivity index (χ4v) is 3.35. The summed E-state index contributed by atoms with van der Waals surface area (Å²) in [7, 11) is 2.05. The van der Waals surface area contributed by atoms with Crippen LogP contribution < -0.4 is 0 Å². The summed E-state index contributed by atoms with van der Waals surface area (Å²) in [5, 5.41) is 2.08. The molecule has 0 atom stereocenters. The van der Waals surface area contributed by atoms with E-state index in [1.165, 1.54) is 48.6 Å². The molecule has 3 rings (SSSR count). The number of fused-ring (bicyclic) bond motifs is 1. The lowest BCUT2D eigenvalue weighted by molar-refractivity contribution is 0.444. The second-order valence-electron chi connectivity index (χ2n) is 5.20. The van der Waals surface area contributed by atoms with Crippen LogP contribution in [0.5, 0.6) is 0 Å². The normalized spacial score (nSPS) is 17.8. The summed E-state index contributed by atoms with van der Waals surface area (Å²) in [6, 6.07) is 6.80. The Morgan fingerprint density at radius 2 is 1.94 bits per heavy atom. The molecule has 1 heterocycles. The van der Waals surface area contributed by atoms with Gasteiger partial charge in [0.15, 0.2) is 0 Å². The van der Waals surface area contributed by atoms with E-state index in [1.807, 2.05) is 6.20 Å². The molecule has 0 spiro atoms. The number of hydrogen-bond acceptors (Lipinski definition) is 0. The summed E-state index contributed by atoms with van der Waals surface area (Å²) in [6.45, 7) is 0. The average Bonchev–Trinajstić information content (AvgIpc) is 2.66. The summed E-state index contributed by atoms with van der Waals surface area (Å²) in [6.07, 6.45) is 8.85. The van der Waals surface area contributed by atoms with Gasteiger partial charge in [-0.3, -0.25) is 0 Å². The second kappa shape index (κ2) is 4.38. The highest BCUT2D eigenvalue weighted by Crippen LogP contribution is 2.35. The number of aromatic nitrogens is 1. The monoisotopic (exact) mass is 247 g/mol. The van der Waals surface area contributed by atoms with E-state index < -0.39 is 0 Å². The van der Waals surface area contributed by atoms with E-state index in [4.69, 9.17) is 11.6 Å². The van der Waals surface area contributed by atoms with Crippen LogP contribution in [0.4, 0.5) is 0 Å². The van der Waals surface area contributed by atoms with Gasteiger partial charge in [-0.15, -0.1) is 0 Å². The van der Waals surface area contributed by atoms with Crippen molar-refractivity contribution in [2.45, 2.75) is 38.0 Å². The maximum atomic E-state index is 6.27. The molecule has 1 aromatic heterocycles. The Bertz CT molecular complexity index is 535. The third kappa shape index (κ3) is 1.97. The zero-order valence-corrected chi connectivity index (χ0v) is 11.0. The molecule has 1 saturated carbocycles. The summed E-state index contributed by atoms with van der Waals surface area (Å²) >= 11 is 6.27. The van der Waals surface area contributed by atoms with Gasteiger partial charge in [0, 0.05) is 24.1 Å². The van der Waals surface area contributed by atoms with E-state index in [1.54, 1.807) is 0 Å². The van der Waals surface area contributed by atoms with Crippen LogP contribution in [-0.2, 0) is 7.05 Å². The van der Waals surface area contributed by atoms with Gasteiger partial charge in [-0.05, 0) is 36.5 Å². The van der Waals surface area contributed by atoms with Gasteiger partial charge in [0.25, 0.3) is 0 Å². The smallest absolute Gasteiger partial charge is 0.0661 e. The molecule has 0 aliphatic heterocycles. The predicted octanol–water partition coefficient (Wildman–Crippen LogP) is 4.88. The van der Waals surface area contributed by atoms with Gasteiger partial charge in [0.05, 0.1) is 5.02 Å². The first-order valence-electron chi connectivity index (χ1n) is 6.50. The molecule has 0 unspecified atom stereocenters. The quantitative estimate of drug-likeness (QED) is 0.677. The van der Waals surface area contributed by atoms with Crippen molar-refractivity contribution in [1.82, 2.24) is 4.57 Å². The number of halogens is 1. The number of hydrogen-bond donors (Lipinski definition) is 0. The van der Waals surface area contributed by atoms with Crippen molar-refractivity contribution in [1.29, 1.82) is 0 Å². The Kier molecular flexibility index (Phi) is 2.87. The minimum atomic E-state index is 0.754. The van der Waals surface area contributed by atoms with Crippen molar-refractivity contribution in [2.75, 3.05) is 0 Å². The first kappa shape index (κ1) is 11.2. The van der Waals surface area contributed by atoms with Gasteiger partial charge in [0.1, 0.15) is 0 Å². The molecule has 0 N–H and O–H groups in total. The van der Waals surface area contributed by atoms with E-state index in [0.29, 0.717) is 0 Å². The van der Waals surface area contributed by atoms with Gasteiger partial charge in [-0.2, -0.15) is 0 Å². The Hall–Kier alpha value is -0.950. The molecule has 2 aromatic rings. The largest absolute Gasteiger partial charge is 0.349 e. The Balaban J connectivity index is 2.03. The molecule has 1 nitrogen and oxygen atoms in total. The molecule has 0 amide bonds. The lowest BCUT2D eigenvalue weighted by atomic mass is 9.84. The van der Waals surface area contributed by atoms with Crippen LogP contribution in [0.2, 0.25) is 5.02 Å². The van der Waals surface area contributed by atoms with Crippen molar-refractivity contribution in [2.24, 2.45) is 7.05 Å². The lowest BCUT2D eigenvalue weighted by Gasteiger charge is -2.22. The highest BCUT2D eigenvalue weighted by molar-refractivity contribution is 6.35. The first-order valence-corrected chi connectivity index (χ1v) is 6.88. The zero-order chi connectivity index (χ0) is 11.8. The molecule has 17 heavy (non-hydrogen) atoms. The van der Waals surface area contributed by atoms with Gasteiger partial charge in [0.2, 0.25) is 0 Å². The number of rotatable bonds is 1. The topological polar surface area (TPSA) is 4.93 Å². The highest BCUT2D eigenvalue weighted by atomic mass is 35.5. The van der Waals surface area contributed by atoms with Gasteiger partial charge < -0.3 is 4.57 Å². The highest BCUT2D eigenvalue weighted by Gasteiger charge is 2.16. The summed E-state index contributed by atoms with van der Waals surface area (Å²) in [5.41, 5.74) is 2.71. The third-order valence-corrected chi connectivity index (χ3v) is 4.34. The van der Waals surface area contributed by atoms with Crippen molar-refractivity contribution in [3.05, 3.63) is 35.0 Å².